The Hall–Kier alpha value is -1.87. The van der Waals surface area contributed by atoms with E-state index in [-0.39, 0.29) is 5.54 Å². The Bertz CT molecular complexity index is 576. The van der Waals surface area contributed by atoms with E-state index in [0.29, 0.717) is 6.42 Å². The summed E-state index contributed by atoms with van der Waals surface area (Å²) in [7, 11) is -0.103. The third-order valence-electron chi connectivity index (χ3n) is 4.24. The van der Waals surface area contributed by atoms with Gasteiger partial charge in [0.05, 0.1) is 15.2 Å². The van der Waals surface area contributed by atoms with Gasteiger partial charge in [0, 0.05) is 6.42 Å². The molecule has 0 aliphatic heterocycles. The van der Waals surface area contributed by atoms with Crippen LogP contribution >= 0.6 is 0 Å². The molecule has 0 saturated heterocycles. The van der Waals surface area contributed by atoms with Crippen LogP contribution < -0.4 is 9.92 Å². The van der Waals surface area contributed by atoms with E-state index in [1.165, 1.54) is 10.8 Å². The Balaban J connectivity index is 2.39. The first-order chi connectivity index (χ1) is 10.1. The van der Waals surface area contributed by atoms with Crippen LogP contribution in [-0.4, -0.2) is 21.5 Å². The summed E-state index contributed by atoms with van der Waals surface area (Å²) in [4.78, 5) is 11.2. The summed E-state index contributed by atoms with van der Waals surface area (Å²) in [6, 6.07) is 18.7. The fourth-order valence-electron chi connectivity index (χ4n) is 2.85. The largest absolute Gasteiger partial charge is 0.497 e. The van der Waals surface area contributed by atoms with Crippen LogP contribution in [0.2, 0.25) is 13.1 Å². The van der Waals surface area contributed by atoms with Gasteiger partial charge in [-0.05, 0) is 23.2 Å². The minimum Gasteiger partial charge on any atom is -0.497 e. The molecule has 0 saturated carbocycles. The van der Waals surface area contributed by atoms with Crippen LogP contribution in [0.1, 0.15) is 17.5 Å². The molecule has 0 aromatic heterocycles. The molecule has 110 valence electrons. The molecule has 0 spiro atoms. The third kappa shape index (κ3) is 3.42. The van der Waals surface area contributed by atoms with Gasteiger partial charge in [0.1, 0.15) is 12.0 Å². The zero-order valence-electron chi connectivity index (χ0n) is 12.9. The van der Waals surface area contributed by atoms with E-state index in [1.54, 1.807) is 7.11 Å². The highest BCUT2D eigenvalue weighted by Gasteiger charge is 2.34. The van der Waals surface area contributed by atoms with E-state index < -0.39 is 8.07 Å². The number of hydrogen-bond donors (Lipinski definition) is 0. The number of methoxy groups -OCH3 is 1. The van der Waals surface area contributed by atoms with Crippen LogP contribution in [0.5, 0.6) is 5.75 Å². The van der Waals surface area contributed by atoms with Crippen molar-refractivity contribution in [3.63, 3.8) is 0 Å². The summed E-state index contributed by atoms with van der Waals surface area (Å²) in [5.41, 5.74) is 1.51. The van der Waals surface area contributed by atoms with E-state index in [2.05, 4.69) is 49.5 Å². The number of rotatable bonds is 6. The van der Waals surface area contributed by atoms with Gasteiger partial charge < -0.3 is 9.53 Å². The number of benzene rings is 2. The van der Waals surface area contributed by atoms with Crippen molar-refractivity contribution < 1.29 is 9.53 Å². The summed E-state index contributed by atoms with van der Waals surface area (Å²) < 4.78 is 5.22. The number of hydrogen-bond acceptors (Lipinski definition) is 2. The Morgan fingerprint density at radius 2 is 1.67 bits per heavy atom. The minimum absolute atomic E-state index is 0.281. The van der Waals surface area contributed by atoms with Gasteiger partial charge in [-0.2, -0.15) is 0 Å². The third-order valence-corrected chi connectivity index (χ3v) is 8.37. The lowest BCUT2D eigenvalue weighted by Gasteiger charge is -2.32. The highest BCUT2D eigenvalue weighted by molar-refractivity contribution is 6.91. The molecule has 0 unspecified atom stereocenters. The molecule has 2 aromatic rings. The molecule has 0 N–H and O–H groups in total. The van der Waals surface area contributed by atoms with Crippen LogP contribution in [0.15, 0.2) is 54.6 Å². The Morgan fingerprint density at radius 1 is 1.05 bits per heavy atom. The zero-order valence-corrected chi connectivity index (χ0v) is 13.9. The van der Waals surface area contributed by atoms with Crippen molar-refractivity contribution in [3.05, 3.63) is 60.2 Å². The predicted molar refractivity (Wildman–Crippen MR) is 90.0 cm³/mol. The Labute approximate surface area is 127 Å². The second-order valence-corrected chi connectivity index (χ2v) is 10.5. The van der Waals surface area contributed by atoms with Gasteiger partial charge in [-0.1, -0.05) is 60.7 Å². The van der Waals surface area contributed by atoms with Crippen molar-refractivity contribution in [2.75, 3.05) is 7.11 Å². The van der Waals surface area contributed by atoms with E-state index in [1.807, 2.05) is 18.2 Å². The molecule has 0 heterocycles. The second-order valence-electron chi connectivity index (χ2n) is 5.82. The van der Waals surface area contributed by atoms with Crippen LogP contribution in [-0.2, 0) is 4.79 Å². The van der Waals surface area contributed by atoms with Crippen molar-refractivity contribution in [2.45, 2.75) is 25.1 Å². The standard InChI is InChI=1S/C18H22O2Si/c1-20-16-11-9-15(10-12-16)18(13-14-19)21(2,3)17-7-5-4-6-8-17/h4-12,14,18H,13H2,1-3H3/t18-/m0/s1. The van der Waals surface area contributed by atoms with Crippen molar-refractivity contribution in [1.29, 1.82) is 0 Å². The van der Waals surface area contributed by atoms with Gasteiger partial charge >= 0.3 is 0 Å². The molecule has 1 atom stereocenters. The van der Waals surface area contributed by atoms with Crippen LogP contribution in [0.25, 0.3) is 0 Å². The normalized spacial score (nSPS) is 12.7. The number of carbonyl (C=O) groups excluding carboxylic acids is 1. The monoisotopic (exact) mass is 298 g/mol. The lowest BCUT2D eigenvalue weighted by Crippen LogP contribution is -2.47. The summed E-state index contributed by atoms with van der Waals surface area (Å²) in [5.74, 6) is 0.850. The van der Waals surface area contributed by atoms with Gasteiger partial charge in [-0.25, -0.2) is 0 Å². The molecular formula is C18H22O2Si. The highest BCUT2D eigenvalue weighted by Crippen LogP contribution is 2.30. The first kappa shape index (κ1) is 15.5. The van der Waals surface area contributed by atoms with E-state index >= 15 is 0 Å². The van der Waals surface area contributed by atoms with Crippen LogP contribution in [0, 0.1) is 0 Å². The molecular weight excluding hydrogens is 276 g/mol. The van der Waals surface area contributed by atoms with E-state index in [9.17, 15) is 4.79 Å². The lowest BCUT2D eigenvalue weighted by atomic mass is 10.1. The van der Waals surface area contributed by atoms with Gasteiger partial charge in [-0.3, -0.25) is 0 Å². The van der Waals surface area contributed by atoms with Gasteiger partial charge in [0.15, 0.2) is 0 Å². The first-order valence-electron chi connectivity index (χ1n) is 7.22. The predicted octanol–water partition coefficient (Wildman–Crippen LogP) is 3.52. The second kappa shape index (κ2) is 6.72. The molecule has 21 heavy (non-hydrogen) atoms. The number of ether oxygens (including phenoxy) is 1. The Morgan fingerprint density at radius 3 is 2.19 bits per heavy atom. The van der Waals surface area contributed by atoms with Crippen molar-refractivity contribution in [2.24, 2.45) is 0 Å². The average Bonchev–Trinajstić information content (AvgIpc) is 2.53. The highest BCUT2D eigenvalue weighted by atomic mass is 28.3. The van der Waals surface area contributed by atoms with Crippen molar-refractivity contribution in [3.8, 4) is 5.75 Å². The minimum atomic E-state index is -1.77. The molecule has 2 rings (SSSR count). The molecule has 2 aromatic carbocycles. The van der Waals surface area contributed by atoms with Crippen LogP contribution in [0.4, 0.5) is 0 Å². The molecule has 3 heteroatoms. The molecule has 0 fully saturated rings. The molecule has 0 aliphatic rings. The maximum atomic E-state index is 11.2. The van der Waals surface area contributed by atoms with E-state index in [4.69, 9.17) is 4.74 Å². The number of carbonyl (C=O) groups is 1. The average molecular weight is 298 g/mol. The van der Waals surface area contributed by atoms with Gasteiger partial charge in [0.2, 0.25) is 0 Å². The number of aldehydes is 1. The summed E-state index contributed by atoms with van der Waals surface area (Å²) in [6.07, 6.45) is 1.62. The SMILES string of the molecule is COc1ccc([C@H](CC=O)[Si](C)(C)c2ccccc2)cc1. The molecule has 2 nitrogen and oxygen atoms in total. The Kier molecular flexibility index (Phi) is 4.97. The maximum absolute atomic E-state index is 11.2. The van der Waals surface area contributed by atoms with Crippen molar-refractivity contribution in [1.82, 2.24) is 0 Å². The molecule has 0 amide bonds. The van der Waals surface area contributed by atoms with Gasteiger partial charge in [0.25, 0.3) is 0 Å². The molecule has 0 bridgehead atoms. The summed E-state index contributed by atoms with van der Waals surface area (Å²) >= 11 is 0. The van der Waals surface area contributed by atoms with Crippen molar-refractivity contribution >= 4 is 19.5 Å². The fraction of sp³-hybridized carbons (Fsp3) is 0.278. The first-order valence-corrected chi connectivity index (χ1v) is 10.3. The topological polar surface area (TPSA) is 26.3 Å². The lowest BCUT2D eigenvalue weighted by molar-refractivity contribution is -0.107. The van der Waals surface area contributed by atoms with E-state index in [0.717, 1.165) is 12.0 Å². The summed E-state index contributed by atoms with van der Waals surface area (Å²) in [5, 5.41) is 1.38. The zero-order chi connectivity index (χ0) is 15.3. The summed E-state index contributed by atoms with van der Waals surface area (Å²) in [6.45, 7) is 4.67. The molecule has 0 aliphatic carbocycles. The molecule has 0 radical (unpaired) electrons. The van der Waals surface area contributed by atoms with Crippen LogP contribution in [0.3, 0.4) is 0 Å². The maximum Gasteiger partial charge on any atom is 0.120 e. The fourth-order valence-corrected chi connectivity index (χ4v) is 6.01. The smallest absolute Gasteiger partial charge is 0.120 e. The quantitative estimate of drug-likeness (QED) is 0.602. The van der Waals surface area contributed by atoms with Gasteiger partial charge in [-0.15, -0.1) is 0 Å².